The van der Waals surface area contributed by atoms with Crippen molar-refractivity contribution in [2.24, 2.45) is 10.7 Å². The standard InChI is InChI=1S/C16H28N4O4S.HI/c1-5-25(21,22)20(2)10-6-9-18-16(17)19-12-13-7-8-14(23-3)15(11-13)24-4;/h7-8,11H,5-6,9-10,12H2,1-4H3,(H3,17,18,19);1H. The van der Waals surface area contributed by atoms with E-state index in [1.165, 1.54) is 4.31 Å². The first-order valence-corrected chi connectivity index (χ1v) is 9.63. The van der Waals surface area contributed by atoms with Crippen LogP contribution in [-0.4, -0.2) is 58.8 Å². The molecule has 1 aromatic rings. The summed E-state index contributed by atoms with van der Waals surface area (Å²) in [7, 11) is 1.61. The van der Waals surface area contributed by atoms with Crippen molar-refractivity contribution in [2.75, 3.05) is 40.1 Å². The largest absolute Gasteiger partial charge is 0.493 e. The fourth-order valence-electron chi connectivity index (χ4n) is 2.09. The summed E-state index contributed by atoms with van der Waals surface area (Å²) >= 11 is 0. The molecule has 0 aliphatic rings. The van der Waals surface area contributed by atoms with Crippen LogP contribution in [0.3, 0.4) is 0 Å². The summed E-state index contributed by atoms with van der Waals surface area (Å²) in [4.78, 5) is 4.26. The predicted octanol–water partition coefficient (Wildman–Crippen LogP) is 1.40. The molecule has 10 heteroatoms. The topological polar surface area (TPSA) is 106 Å². The lowest BCUT2D eigenvalue weighted by Crippen LogP contribution is -2.35. The van der Waals surface area contributed by atoms with Gasteiger partial charge in [-0.25, -0.2) is 17.7 Å². The number of aliphatic imine (C=N–C) groups is 1. The number of hydrogen-bond acceptors (Lipinski definition) is 5. The minimum atomic E-state index is -3.14. The summed E-state index contributed by atoms with van der Waals surface area (Å²) in [5, 5.41) is 2.98. The van der Waals surface area contributed by atoms with Crippen LogP contribution in [0.2, 0.25) is 0 Å². The Labute approximate surface area is 173 Å². The number of nitrogens with zero attached hydrogens (tertiary/aromatic N) is 2. The third-order valence-electron chi connectivity index (χ3n) is 3.68. The zero-order chi connectivity index (χ0) is 18.9. The Kier molecular flexibility index (Phi) is 11.6. The molecule has 26 heavy (non-hydrogen) atoms. The highest BCUT2D eigenvalue weighted by Crippen LogP contribution is 2.27. The van der Waals surface area contributed by atoms with Crippen LogP contribution in [0.4, 0.5) is 0 Å². The number of rotatable bonds is 10. The summed E-state index contributed by atoms with van der Waals surface area (Å²) in [6.07, 6.45) is 0.641. The fraction of sp³-hybridized carbons (Fsp3) is 0.562. The van der Waals surface area contributed by atoms with Crippen LogP contribution >= 0.6 is 24.0 Å². The van der Waals surface area contributed by atoms with Crippen molar-refractivity contribution < 1.29 is 17.9 Å². The highest BCUT2D eigenvalue weighted by Gasteiger charge is 2.13. The maximum absolute atomic E-state index is 11.6. The van der Waals surface area contributed by atoms with Crippen LogP contribution in [0.25, 0.3) is 0 Å². The van der Waals surface area contributed by atoms with Crippen LogP contribution in [0.1, 0.15) is 18.9 Å². The maximum atomic E-state index is 11.6. The minimum Gasteiger partial charge on any atom is -0.493 e. The monoisotopic (exact) mass is 500 g/mol. The Hall–Kier alpha value is -1.27. The molecule has 8 nitrogen and oxygen atoms in total. The molecule has 0 radical (unpaired) electrons. The van der Waals surface area contributed by atoms with Gasteiger partial charge in [0, 0.05) is 20.1 Å². The number of methoxy groups -OCH3 is 2. The first-order valence-electron chi connectivity index (χ1n) is 8.02. The van der Waals surface area contributed by atoms with Crippen molar-refractivity contribution in [3.05, 3.63) is 23.8 Å². The molecule has 0 saturated carbocycles. The molecule has 0 unspecified atom stereocenters. The molecule has 0 amide bonds. The van der Waals surface area contributed by atoms with Crippen LogP contribution in [-0.2, 0) is 16.6 Å². The van der Waals surface area contributed by atoms with Gasteiger partial charge in [-0.15, -0.1) is 24.0 Å². The molecular formula is C16H29IN4O4S. The Morgan fingerprint density at radius 2 is 1.92 bits per heavy atom. The number of benzene rings is 1. The highest BCUT2D eigenvalue weighted by molar-refractivity contribution is 14.0. The number of halogens is 1. The molecule has 3 N–H and O–H groups in total. The predicted molar refractivity (Wildman–Crippen MR) is 115 cm³/mol. The van der Waals surface area contributed by atoms with Gasteiger partial charge in [0.15, 0.2) is 17.5 Å². The van der Waals surface area contributed by atoms with Crippen LogP contribution in [0.15, 0.2) is 23.2 Å². The summed E-state index contributed by atoms with van der Waals surface area (Å²) in [5.74, 6) is 1.72. The molecule has 0 bridgehead atoms. The SMILES string of the molecule is CCS(=O)(=O)N(C)CCCNC(N)=NCc1ccc(OC)c(OC)c1.I. The van der Waals surface area contributed by atoms with Gasteiger partial charge in [-0.3, -0.25) is 0 Å². The smallest absolute Gasteiger partial charge is 0.213 e. The number of nitrogens with one attached hydrogen (secondary N) is 1. The average Bonchev–Trinajstić information content (AvgIpc) is 2.62. The summed E-state index contributed by atoms with van der Waals surface area (Å²) in [6.45, 7) is 3.02. The fourth-order valence-corrected chi connectivity index (χ4v) is 2.94. The van der Waals surface area contributed by atoms with E-state index in [2.05, 4.69) is 10.3 Å². The molecular weight excluding hydrogens is 471 g/mol. The zero-order valence-corrected chi connectivity index (χ0v) is 18.8. The number of sulfonamides is 1. The van der Waals surface area contributed by atoms with Crippen molar-refractivity contribution in [3.8, 4) is 11.5 Å². The molecule has 0 atom stereocenters. The molecule has 0 aliphatic carbocycles. The highest BCUT2D eigenvalue weighted by atomic mass is 127. The molecule has 0 aliphatic heterocycles. The first kappa shape index (κ1) is 24.7. The van der Waals surface area contributed by atoms with Gasteiger partial charge < -0.3 is 20.5 Å². The Bertz CT molecular complexity index is 683. The van der Waals surface area contributed by atoms with Gasteiger partial charge in [0.05, 0.1) is 26.5 Å². The van der Waals surface area contributed by atoms with Crippen LogP contribution in [0, 0.1) is 0 Å². The van der Waals surface area contributed by atoms with E-state index < -0.39 is 10.0 Å². The van der Waals surface area contributed by atoms with Gasteiger partial charge in [-0.05, 0) is 31.0 Å². The summed E-state index contributed by atoms with van der Waals surface area (Å²) in [5.41, 5.74) is 6.77. The lowest BCUT2D eigenvalue weighted by Gasteiger charge is -2.15. The van der Waals surface area contributed by atoms with Crippen LogP contribution < -0.4 is 20.5 Å². The Balaban J connectivity index is 0.00000625. The quantitative estimate of drug-likeness (QED) is 0.218. The molecule has 0 fully saturated rings. The average molecular weight is 500 g/mol. The second-order valence-electron chi connectivity index (χ2n) is 5.39. The van der Waals surface area contributed by atoms with Crippen molar-refractivity contribution in [1.29, 1.82) is 0 Å². The lowest BCUT2D eigenvalue weighted by molar-refractivity contribution is 0.354. The molecule has 0 saturated heterocycles. The van der Waals surface area contributed by atoms with Gasteiger partial charge >= 0.3 is 0 Å². The minimum absolute atomic E-state index is 0. The van der Waals surface area contributed by atoms with Gasteiger partial charge in [0.2, 0.25) is 10.0 Å². The second kappa shape index (κ2) is 12.2. The van der Waals surface area contributed by atoms with E-state index in [1.807, 2.05) is 18.2 Å². The lowest BCUT2D eigenvalue weighted by atomic mass is 10.2. The molecule has 1 aromatic carbocycles. The van der Waals surface area contributed by atoms with Gasteiger partial charge in [-0.2, -0.15) is 0 Å². The van der Waals surface area contributed by atoms with Crippen molar-refractivity contribution in [2.45, 2.75) is 19.9 Å². The second-order valence-corrected chi connectivity index (χ2v) is 7.76. The van der Waals surface area contributed by atoms with Crippen LogP contribution in [0.5, 0.6) is 11.5 Å². The first-order chi connectivity index (χ1) is 11.8. The molecule has 0 aromatic heterocycles. The van der Waals surface area contributed by atoms with E-state index in [9.17, 15) is 8.42 Å². The Morgan fingerprint density at radius 3 is 2.50 bits per heavy atom. The van der Waals surface area contributed by atoms with E-state index in [0.29, 0.717) is 43.5 Å². The number of ether oxygens (including phenoxy) is 2. The molecule has 1 rings (SSSR count). The van der Waals surface area contributed by atoms with Crippen molar-refractivity contribution >= 4 is 40.0 Å². The number of guanidine groups is 1. The van der Waals surface area contributed by atoms with Crippen molar-refractivity contribution in [1.82, 2.24) is 9.62 Å². The third-order valence-corrected chi connectivity index (χ3v) is 5.54. The van der Waals surface area contributed by atoms with E-state index in [4.69, 9.17) is 15.2 Å². The van der Waals surface area contributed by atoms with E-state index in [0.717, 1.165) is 5.56 Å². The van der Waals surface area contributed by atoms with Crippen molar-refractivity contribution in [3.63, 3.8) is 0 Å². The number of nitrogens with two attached hydrogens (primary N) is 1. The number of hydrogen-bond donors (Lipinski definition) is 2. The van der Waals surface area contributed by atoms with Gasteiger partial charge in [0.25, 0.3) is 0 Å². The van der Waals surface area contributed by atoms with E-state index in [-0.39, 0.29) is 29.7 Å². The zero-order valence-electron chi connectivity index (χ0n) is 15.7. The van der Waals surface area contributed by atoms with Gasteiger partial charge in [-0.1, -0.05) is 6.07 Å². The Morgan fingerprint density at radius 1 is 1.27 bits per heavy atom. The molecule has 150 valence electrons. The molecule has 0 heterocycles. The normalized spacial score (nSPS) is 11.8. The van der Waals surface area contributed by atoms with E-state index in [1.54, 1.807) is 28.2 Å². The summed E-state index contributed by atoms with van der Waals surface area (Å²) < 4.78 is 35.0. The van der Waals surface area contributed by atoms with Gasteiger partial charge in [0.1, 0.15) is 0 Å². The molecule has 0 spiro atoms. The summed E-state index contributed by atoms with van der Waals surface area (Å²) in [6, 6.07) is 5.56. The third kappa shape index (κ3) is 7.96. The maximum Gasteiger partial charge on any atom is 0.213 e. The van der Waals surface area contributed by atoms with E-state index >= 15 is 0 Å².